The summed E-state index contributed by atoms with van der Waals surface area (Å²) in [4.78, 5) is 13.8. The quantitative estimate of drug-likeness (QED) is 0.629. The third kappa shape index (κ3) is 3.86. The molecule has 0 amide bonds. The highest BCUT2D eigenvalue weighted by Crippen LogP contribution is 2.22. The summed E-state index contributed by atoms with van der Waals surface area (Å²) in [7, 11) is 3.61. The zero-order valence-electron chi connectivity index (χ0n) is 12.0. The van der Waals surface area contributed by atoms with Crippen molar-refractivity contribution in [2.45, 2.75) is 19.9 Å². The minimum Gasteiger partial charge on any atom is -0.462 e. The molecule has 0 aliphatic rings. The number of nitrogens with zero attached hydrogens (tertiary/aromatic N) is 1. The normalized spacial score (nSPS) is 12.0. The van der Waals surface area contributed by atoms with E-state index in [-0.39, 0.29) is 6.04 Å². The van der Waals surface area contributed by atoms with E-state index in [0.29, 0.717) is 24.5 Å². The van der Waals surface area contributed by atoms with Crippen molar-refractivity contribution < 1.29 is 14.3 Å². The van der Waals surface area contributed by atoms with Crippen LogP contribution in [-0.2, 0) is 9.47 Å². The third-order valence-corrected chi connectivity index (χ3v) is 3.01. The Morgan fingerprint density at radius 3 is 2.74 bits per heavy atom. The van der Waals surface area contributed by atoms with Gasteiger partial charge >= 0.3 is 5.97 Å². The lowest BCUT2D eigenvalue weighted by molar-refractivity contribution is 0.0527. The van der Waals surface area contributed by atoms with Gasteiger partial charge in [0.2, 0.25) is 0 Å². The molecule has 0 saturated heterocycles. The SMILES string of the molecule is CCOC(=O)c1cc(N(C)C(C)COC)ccc1N. The van der Waals surface area contributed by atoms with E-state index >= 15 is 0 Å². The third-order valence-electron chi connectivity index (χ3n) is 3.01. The highest BCUT2D eigenvalue weighted by atomic mass is 16.5. The Kier molecular flexibility index (Phi) is 5.63. The molecule has 0 aliphatic carbocycles. The molecule has 0 fully saturated rings. The predicted octanol–water partition coefficient (Wildman–Crippen LogP) is 1.92. The lowest BCUT2D eigenvalue weighted by Gasteiger charge is -2.27. The largest absolute Gasteiger partial charge is 0.462 e. The van der Waals surface area contributed by atoms with Crippen LogP contribution in [0.15, 0.2) is 18.2 Å². The van der Waals surface area contributed by atoms with Crippen molar-refractivity contribution in [2.75, 3.05) is 38.0 Å². The van der Waals surface area contributed by atoms with Crippen LogP contribution >= 0.6 is 0 Å². The van der Waals surface area contributed by atoms with E-state index < -0.39 is 5.97 Å². The number of likely N-dealkylation sites (N-methyl/N-ethyl adjacent to an activating group) is 1. The summed E-state index contributed by atoms with van der Waals surface area (Å²) >= 11 is 0. The Bertz CT molecular complexity index is 435. The molecule has 5 nitrogen and oxygen atoms in total. The molecule has 0 spiro atoms. The number of nitrogen functional groups attached to an aromatic ring is 1. The molecular formula is C14H22N2O3. The number of anilines is 2. The van der Waals surface area contributed by atoms with Crippen LogP contribution in [0.25, 0.3) is 0 Å². The van der Waals surface area contributed by atoms with E-state index in [0.717, 1.165) is 5.69 Å². The number of hydrogen-bond donors (Lipinski definition) is 1. The number of nitrogens with two attached hydrogens (primary N) is 1. The summed E-state index contributed by atoms with van der Waals surface area (Å²) in [6.45, 7) is 4.75. The maximum Gasteiger partial charge on any atom is 0.340 e. The molecule has 0 aromatic heterocycles. The van der Waals surface area contributed by atoms with Gasteiger partial charge in [0.05, 0.1) is 18.8 Å². The number of methoxy groups -OCH3 is 1. The first-order valence-electron chi connectivity index (χ1n) is 6.29. The molecule has 0 aliphatic heterocycles. The number of ether oxygens (including phenoxy) is 2. The fourth-order valence-electron chi connectivity index (χ4n) is 1.76. The van der Waals surface area contributed by atoms with Crippen molar-refractivity contribution in [3.63, 3.8) is 0 Å². The van der Waals surface area contributed by atoms with Crippen molar-refractivity contribution in [1.82, 2.24) is 0 Å². The van der Waals surface area contributed by atoms with Crippen LogP contribution in [0.5, 0.6) is 0 Å². The average Bonchev–Trinajstić information content (AvgIpc) is 2.39. The smallest absolute Gasteiger partial charge is 0.340 e. The Labute approximate surface area is 114 Å². The Morgan fingerprint density at radius 2 is 2.16 bits per heavy atom. The van der Waals surface area contributed by atoms with Crippen molar-refractivity contribution in [3.8, 4) is 0 Å². The molecular weight excluding hydrogens is 244 g/mol. The van der Waals surface area contributed by atoms with E-state index in [2.05, 4.69) is 0 Å². The van der Waals surface area contributed by atoms with E-state index in [1.807, 2.05) is 24.9 Å². The van der Waals surface area contributed by atoms with Crippen molar-refractivity contribution >= 4 is 17.3 Å². The first kappa shape index (κ1) is 15.3. The number of benzene rings is 1. The van der Waals surface area contributed by atoms with Gasteiger partial charge < -0.3 is 20.1 Å². The maximum atomic E-state index is 11.8. The molecule has 106 valence electrons. The van der Waals surface area contributed by atoms with Crippen LogP contribution in [0.1, 0.15) is 24.2 Å². The molecule has 2 N–H and O–H groups in total. The highest BCUT2D eigenvalue weighted by molar-refractivity contribution is 5.96. The standard InChI is InChI=1S/C14H22N2O3/c1-5-19-14(17)12-8-11(6-7-13(12)15)16(3)10(2)9-18-4/h6-8,10H,5,9,15H2,1-4H3. The molecule has 1 atom stereocenters. The molecule has 1 aromatic rings. The molecule has 1 rings (SSSR count). The summed E-state index contributed by atoms with van der Waals surface area (Å²) in [6, 6.07) is 5.55. The van der Waals surface area contributed by atoms with Gasteiger partial charge in [0.1, 0.15) is 0 Å². The summed E-state index contributed by atoms with van der Waals surface area (Å²) < 4.78 is 10.1. The second-order valence-electron chi connectivity index (χ2n) is 4.41. The molecule has 0 saturated carbocycles. The zero-order valence-corrected chi connectivity index (χ0v) is 12.0. The molecule has 0 radical (unpaired) electrons. The van der Waals surface area contributed by atoms with Gasteiger partial charge in [-0.25, -0.2) is 4.79 Å². The first-order valence-corrected chi connectivity index (χ1v) is 6.29. The summed E-state index contributed by atoms with van der Waals surface area (Å²) in [5.41, 5.74) is 7.54. The van der Waals surface area contributed by atoms with Gasteiger partial charge in [-0.3, -0.25) is 0 Å². The number of carbonyl (C=O) groups is 1. The highest BCUT2D eigenvalue weighted by Gasteiger charge is 2.15. The molecule has 1 aromatic carbocycles. The van der Waals surface area contributed by atoms with Crippen LogP contribution in [0.4, 0.5) is 11.4 Å². The van der Waals surface area contributed by atoms with Gasteiger partial charge in [-0.05, 0) is 32.0 Å². The average molecular weight is 266 g/mol. The number of carbonyl (C=O) groups excluding carboxylic acids is 1. The summed E-state index contributed by atoms with van der Waals surface area (Å²) in [5, 5.41) is 0. The fourth-order valence-corrected chi connectivity index (χ4v) is 1.76. The number of hydrogen-bond acceptors (Lipinski definition) is 5. The van der Waals surface area contributed by atoms with Gasteiger partial charge in [-0.1, -0.05) is 0 Å². The second-order valence-corrected chi connectivity index (χ2v) is 4.41. The van der Waals surface area contributed by atoms with Crippen LogP contribution < -0.4 is 10.6 Å². The van der Waals surface area contributed by atoms with E-state index in [1.54, 1.807) is 26.2 Å². The minimum atomic E-state index is -0.394. The van der Waals surface area contributed by atoms with Crippen molar-refractivity contribution in [1.29, 1.82) is 0 Å². The molecule has 19 heavy (non-hydrogen) atoms. The lowest BCUT2D eigenvalue weighted by Crippen LogP contribution is -2.32. The van der Waals surface area contributed by atoms with Crippen LogP contribution in [0, 0.1) is 0 Å². The maximum absolute atomic E-state index is 11.8. The molecule has 0 heterocycles. The Morgan fingerprint density at radius 1 is 1.47 bits per heavy atom. The van der Waals surface area contributed by atoms with Crippen molar-refractivity contribution in [3.05, 3.63) is 23.8 Å². The number of rotatable bonds is 6. The molecule has 1 unspecified atom stereocenters. The first-order chi connectivity index (χ1) is 9.01. The van der Waals surface area contributed by atoms with Crippen LogP contribution in [0.2, 0.25) is 0 Å². The summed E-state index contributed by atoms with van der Waals surface area (Å²) in [5.74, 6) is -0.394. The predicted molar refractivity (Wildman–Crippen MR) is 76.6 cm³/mol. The Balaban J connectivity index is 2.98. The monoisotopic (exact) mass is 266 g/mol. The molecule has 5 heteroatoms. The van der Waals surface area contributed by atoms with Crippen LogP contribution in [0.3, 0.4) is 0 Å². The van der Waals surface area contributed by atoms with E-state index in [4.69, 9.17) is 15.2 Å². The number of esters is 1. The Hall–Kier alpha value is -1.75. The zero-order chi connectivity index (χ0) is 14.4. The summed E-state index contributed by atoms with van der Waals surface area (Å²) in [6.07, 6.45) is 0. The lowest BCUT2D eigenvalue weighted by atomic mass is 10.1. The van der Waals surface area contributed by atoms with Gasteiger partial charge in [0.25, 0.3) is 0 Å². The van der Waals surface area contributed by atoms with Gasteiger partial charge in [0.15, 0.2) is 0 Å². The topological polar surface area (TPSA) is 64.8 Å². The van der Waals surface area contributed by atoms with Crippen molar-refractivity contribution in [2.24, 2.45) is 0 Å². The molecule has 0 bridgehead atoms. The minimum absolute atomic E-state index is 0.198. The van der Waals surface area contributed by atoms with E-state index in [1.165, 1.54) is 0 Å². The van der Waals surface area contributed by atoms with Crippen LogP contribution in [-0.4, -0.2) is 39.4 Å². The second kappa shape index (κ2) is 6.99. The van der Waals surface area contributed by atoms with Gasteiger partial charge in [-0.15, -0.1) is 0 Å². The van der Waals surface area contributed by atoms with Gasteiger partial charge in [0, 0.05) is 31.6 Å². The fraction of sp³-hybridized carbons (Fsp3) is 0.500. The van der Waals surface area contributed by atoms with Gasteiger partial charge in [-0.2, -0.15) is 0 Å². The van der Waals surface area contributed by atoms with E-state index in [9.17, 15) is 4.79 Å².